The average molecular weight is 716 g/mol. The number of aryl methyl sites for hydroxylation is 1. The Hall–Kier alpha value is -4.94. The molecule has 6 rings (SSSR count). The van der Waals surface area contributed by atoms with Crippen LogP contribution in [0.3, 0.4) is 0 Å². The van der Waals surface area contributed by atoms with E-state index in [4.69, 9.17) is 9.47 Å². The maximum atomic E-state index is 15.8. The Bertz CT molecular complexity index is 2270. The zero-order valence-corrected chi connectivity index (χ0v) is 29.3. The van der Waals surface area contributed by atoms with E-state index in [-0.39, 0.29) is 46.8 Å². The standard InChI is InChI=1S/C38H35F2N3O5S2/c1-4-47-36(44)16-13-26-11-8-12-28(21-26)25(2)43-34(17-19-41-43)31-22-29(14-15-32(31)39)48-37-33(40)23-35-30(38(37)49-3)18-20-42(35)50(45,46)24-27-9-6-5-7-10-27/h5-12,14-15,17-23,25H,4,13,16,24H2,1-3H3. The van der Waals surface area contributed by atoms with Crippen molar-refractivity contribution in [2.24, 2.45) is 0 Å². The van der Waals surface area contributed by atoms with E-state index in [0.29, 0.717) is 34.6 Å². The lowest BCUT2D eigenvalue weighted by Crippen LogP contribution is -2.14. The summed E-state index contributed by atoms with van der Waals surface area (Å²) in [6.45, 7) is 4.05. The minimum atomic E-state index is -3.86. The second kappa shape index (κ2) is 14.9. The molecule has 0 spiro atoms. The third-order valence-electron chi connectivity index (χ3n) is 8.34. The number of hydrogen-bond donors (Lipinski definition) is 0. The summed E-state index contributed by atoms with van der Waals surface area (Å²) in [6, 6.07) is 24.9. The molecule has 0 bridgehead atoms. The number of ether oxygens (including phenoxy) is 2. The molecule has 4 aromatic carbocycles. The number of hydrogen-bond acceptors (Lipinski definition) is 7. The number of rotatable bonds is 13. The van der Waals surface area contributed by atoms with Crippen LogP contribution in [0, 0.1) is 11.6 Å². The monoisotopic (exact) mass is 715 g/mol. The summed E-state index contributed by atoms with van der Waals surface area (Å²) in [5, 5.41) is 5.00. The molecule has 0 fully saturated rings. The van der Waals surface area contributed by atoms with Crippen LogP contribution in [0.1, 0.15) is 43.0 Å². The largest absolute Gasteiger partial charge is 0.466 e. The summed E-state index contributed by atoms with van der Waals surface area (Å²) >= 11 is 1.22. The Balaban J connectivity index is 1.29. The van der Waals surface area contributed by atoms with Crippen LogP contribution in [-0.4, -0.2) is 41.0 Å². The highest BCUT2D eigenvalue weighted by Crippen LogP contribution is 2.42. The van der Waals surface area contributed by atoms with Gasteiger partial charge in [0, 0.05) is 35.8 Å². The van der Waals surface area contributed by atoms with Crippen molar-refractivity contribution in [1.29, 1.82) is 0 Å². The van der Waals surface area contributed by atoms with Crippen molar-refractivity contribution in [3.8, 4) is 22.8 Å². The van der Waals surface area contributed by atoms with Crippen LogP contribution in [-0.2, 0) is 31.7 Å². The molecule has 0 aliphatic heterocycles. The smallest absolute Gasteiger partial charge is 0.306 e. The lowest BCUT2D eigenvalue weighted by molar-refractivity contribution is -0.143. The van der Waals surface area contributed by atoms with Crippen molar-refractivity contribution in [2.75, 3.05) is 12.9 Å². The summed E-state index contributed by atoms with van der Waals surface area (Å²) < 4.78 is 71.9. The Morgan fingerprint density at radius 3 is 2.48 bits per heavy atom. The number of fused-ring (bicyclic) bond motifs is 1. The fourth-order valence-corrected chi connectivity index (χ4v) is 8.09. The summed E-state index contributed by atoms with van der Waals surface area (Å²) in [4.78, 5) is 12.3. The van der Waals surface area contributed by atoms with Crippen LogP contribution in [0.2, 0.25) is 0 Å². The maximum absolute atomic E-state index is 15.8. The number of aromatic nitrogens is 3. The Morgan fingerprint density at radius 1 is 0.940 bits per heavy atom. The van der Waals surface area contributed by atoms with Crippen LogP contribution in [0.4, 0.5) is 8.78 Å². The molecule has 1 unspecified atom stereocenters. The molecule has 0 saturated heterocycles. The number of benzene rings is 4. The summed E-state index contributed by atoms with van der Waals surface area (Å²) in [5.74, 6) is -1.69. The minimum absolute atomic E-state index is 0.0951. The highest BCUT2D eigenvalue weighted by Gasteiger charge is 2.24. The zero-order valence-electron chi connectivity index (χ0n) is 27.7. The third kappa shape index (κ3) is 7.31. The number of esters is 1. The molecular formula is C38H35F2N3O5S2. The number of halogens is 2. The predicted octanol–water partition coefficient (Wildman–Crippen LogP) is 8.78. The van der Waals surface area contributed by atoms with Crippen molar-refractivity contribution < 1.29 is 31.5 Å². The van der Waals surface area contributed by atoms with E-state index >= 15 is 8.78 Å². The van der Waals surface area contributed by atoms with E-state index in [1.807, 2.05) is 31.2 Å². The van der Waals surface area contributed by atoms with Crippen LogP contribution >= 0.6 is 11.8 Å². The zero-order chi connectivity index (χ0) is 35.4. The molecule has 0 radical (unpaired) electrons. The molecule has 0 aliphatic carbocycles. The van der Waals surface area contributed by atoms with Gasteiger partial charge in [0.05, 0.1) is 34.5 Å². The Morgan fingerprint density at radius 2 is 1.72 bits per heavy atom. The van der Waals surface area contributed by atoms with Crippen LogP contribution in [0.5, 0.6) is 11.5 Å². The van der Waals surface area contributed by atoms with Gasteiger partial charge < -0.3 is 9.47 Å². The van der Waals surface area contributed by atoms with Crippen molar-refractivity contribution in [3.05, 3.63) is 132 Å². The van der Waals surface area contributed by atoms with Crippen LogP contribution < -0.4 is 4.74 Å². The minimum Gasteiger partial charge on any atom is -0.466 e. The molecule has 1 atom stereocenters. The van der Waals surface area contributed by atoms with Gasteiger partial charge >= 0.3 is 5.97 Å². The second-order valence-corrected chi connectivity index (χ2v) is 14.3. The van der Waals surface area contributed by atoms with E-state index in [9.17, 15) is 13.2 Å². The van der Waals surface area contributed by atoms with Crippen LogP contribution in [0.25, 0.3) is 22.2 Å². The molecule has 0 aliphatic rings. The fraction of sp³-hybridized carbons (Fsp3) is 0.211. The first-order valence-electron chi connectivity index (χ1n) is 16.0. The maximum Gasteiger partial charge on any atom is 0.306 e. The molecule has 8 nitrogen and oxygen atoms in total. The summed E-state index contributed by atoms with van der Waals surface area (Å²) in [6.07, 6.45) is 5.54. The van der Waals surface area contributed by atoms with Gasteiger partial charge in [-0.15, -0.1) is 11.8 Å². The highest BCUT2D eigenvalue weighted by atomic mass is 32.2. The van der Waals surface area contributed by atoms with Gasteiger partial charge in [-0.2, -0.15) is 5.10 Å². The van der Waals surface area contributed by atoms with Crippen molar-refractivity contribution in [3.63, 3.8) is 0 Å². The Kier molecular flexibility index (Phi) is 10.4. The van der Waals surface area contributed by atoms with Gasteiger partial charge in [-0.1, -0.05) is 54.6 Å². The number of carbonyl (C=O) groups is 1. The number of thioether (sulfide) groups is 1. The lowest BCUT2D eigenvalue weighted by atomic mass is 10.0. The molecule has 6 aromatic rings. The summed E-state index contributed by atoms with van der Waals surface area (Å²) in [7, 11) is -3.86. The molecule has 0 amide bonds. The van der Waals surface area contributed by atoms with Gasteiger partial charge in [-0.05, 0) is 73.5 Å². The fourth-order valence-electron chi connectivity index (χ4n) is 5.92. The van der Waals surface area contributed by atoms with Crippen molar-refractivity contribution >= 4 is 38.7 Å². The predicted molar refractivity (Wildman–Crippen MR) is 191 cm³/mol. The van der Waals surface area contributed by atoms with Crippen LogP contribution in [0.15, 0.2) is 108 Å². The Labute approximate surface area is 293 Å². The quantitative estimate of drug-likeness (QED) is 0.0872. The highest BCUT2D eigenvalue weighted by molar-refractivity contribution is 7.99. The van der Waals surface area contributed by atoms with E-state index in [1.54, 1.807) is 66.5 Å². The van der Waals surface area contributed by atoms with Crippen molar-refractivity contribution in [1.82, 2.24) is 13.8 Å². The number of carbonyl (C=O) groups excluding carboxylic acids is 1. The molecule has 0 N–H and O–H groups in total. The molecule has 12 heteroatoms. The van der Waals surface area contributed by atoms with Crippen molar-refractivity contribution in [2.45, 2.75) is 43.4 Å². The number of nitrogens with zero attached hydrogens (tertiary/aromatic N) is 3. The van der Waals surface area contributed by atoms with E-state index in [2.05, 4.69) is 5.10 Å². The first-order chi connectivity index (χ1) is 24.1. The van der Waals surface area contributed by atoms with Gasteiger partial charge in [0.25, 0.3) is 0 Å². The molecule has 50 heavy (non-hydrogen) atoms. The molecule has 0 saturated carbocycles. The van der Waals surface area contributed by atoms with Gasteiger partial charge in [0.15, 0.2) is 11.6 Å². The van der Waals surface area contributed by atoms with E-state index in [1.165, 1.54) is 36.2 Å². The summed E-state index contributed by atoms with van der Waals surface area (Å²) in [5.41, 5.74) is 3.38. The van der Waals surface area contributed by atoms with E-state index < -0.39 is 21.7 Å². The van der Waals surface area contributed by atoms with E-state index in [0.717, 1.165) is 21.2 Å². The second-order valence-electron chi connectivity index (χ2n) is 11.6. The van der Waals surface area contributed by atoms with Gasteiger partial charge in [0.2, 0.25) is 10.0 Å². The third-order valence-corrected chi connectivity index (χ3v) is 10.8. The average Bonchev–Trinajstić information content (AvgIpc) is 3.77. The molecular weight excluding hydrogens is 681 g/mol. The van der Waals surface area contributed by atoms with Gasteiger partial charge in [-0.3, -0.25) is 9.48 Å². The SMILES string of the molecule is CCOC(=O)CCc1cccc(C(C)n2nccc2-c2cc(Oc3c(F)cc4c(ccn4S(=O)(=O)Cc4ccccc4)c3SC)ccc2F)c1. The van der Waals surface area contributed by atoms with Gasteiger partial charge in [-0.25, -0.2) is 21.2 Å². The molecule has 2 heterocycles. The molecule has 2 aromatic heterocycles. The molecule has 258 valence electrons. The normalized spacial score (nSPS) is 12.3. The lowest BCUT2D eigenvalue weighted by Gasteiger charge is -2.18. The first kappa shape index (κ1) is 34.9. The first-order valence-corrected chi connectivity index (χ1v) is 18.8. The van der Waals surface area contributed by atoms with Gasteiger partial charge in [0.1, 0.15) is 11.6 Å². The topological polar surface area (TPSA) is 92.4 Å².